The Morgan fingerprint density at radius 1 is 0.909 bits per heavy atom. The number of anilines is 3. The van der Waals surface area contributed by atoms with Gasteiger partial charge in [-0.2, -0.15) is 0 Å². The van der Waals surface area contributed by atoms with Crippen LogP contribution in [0.15, 0.2) is 94.4 Å². The van der Waals surface area contributed by atoms with Crippen molar-refractivity contribution in [3.63, 3.8) is 0 Å². The molecule has 2 aromatic heterocycles. The Hall–Kier alpha value is -5.14. The quantitative estimate of drug-likeness (QED) is 0.170. The van der Waals surface area contributed by atoms with Gasteiger partial charge in [-0.1, -0.05) is 24.3 Å². The van der Waals surface area contributed by atoms with E-state index in [-0.39, 0.29) is 28.4 Å². The first-order chi connectivity index (χ1) is 21.3. The Kier molecular flexibility index (Phi) is 8.05. The topological polar surface area (TPSA) is 157 Å². The second-order valence-electron chi connectivity index (χ2n) is 10.1. The molecule has 0 aliphatic carbocycles. The molecule has 1 amide bonds. The summed E-state index contributed by atoms with van der Waals surface area (Å²) in [5, 5.41) is 9.24. The Morgan fingerprint density at radius 3 is 2.23 bits per heavy atom. The SMILES string of the molecule is COc1cc(Nc2nc3ccccc3nc2NS(=O)(=O)c2cccc(C(NC(=O)C3CNC3)c3ccco3)c2)cc(OC)c1. The Morgan fingerprint density at radius 2 is 1.61 bits per heavy atom. The number of methoxy groups -OCH3 is 2. The molecule has 44 heavy (non-hydrogen) atoms. The van der Waals surface area contributed by atoms with Crippen LogP contribution in [0.1, 0.15) is 17.4 Å². The molecule has 3 heterocycles. The number of nitrogens with one attached hydrogen (secondary N) is 4. The lowest BCUT2D eigenvalue weighted by Gasteiger charge is -2.28. The van der Waals surface area contributed by atoms with Gasteiger partial charge in [0.1, 0.15) is 23.3 Å². The van der Waals surface area contributed by atoms with Crippen LogP contribution >= 0.6 is 0 Å². The number of carbonyl (C=O) groups is 1. The molecular weight excluding hydrogens is 584 g/mol. The zero-order valence-electron chi connectivity index (χ0n) is 23.9. The number of hydrogen-bond donors (Lipinski definition) is 4. The van der Waals surface area contributed by atoms with Crippen molar-refractivity contribution in [2.45, 2.75) is 10.9 Å². The molecule has 0 spiro atoms. The van der Waals surface area contributed by atoms with E-state index >= 15 is 0 Å². The maximum Gasteiger partial charge on any atom is 0.263 e. The minimum Gasteiger partial charge on any atom is -0.497 e. The van der Waals surface area contributed by atoms with E-state index in [1.807, 2.05) is 6.07 Å². The first-order valence-corrected chi connectivity index (χ1v) is 15.3. The molecule has 226 valence electrons. The number of fused-ring (bicyclic) bond motifs is 1. The van der Waals surface area contributed by atoms with Gasteiger partial charge in [0, 0.05) is 37.0 Å². The lowest BCUT2D eigenvalue weighted by atomic mass is 9.99. The van der Waals surface area contributed by atoms with Gasteiger partial charge in [0.05, 0.1) is 42.3 Å². The summed E-state index contributed by atoms with van der Waals surface area (Å²) < 4.78 is 46.6. The van der Waals surface area contributed by atoms with Gasteiger partial charge in [-0.25, -0.2) is 18.4 Å². The maximum atomic E-state index is 13.8. The number of aromatic nitrogens is 2. The van der Waals surface area contributed by atoms with Crippen LogP contribution in [0.25, 0.3) is 11.0 Å². The molecule has 1 aliphatic rings. The van der Waals surface area contributed by atoms with Crippen LogP contribution in [0.4, 0.5) is 17.3 Å². The Bertz CT molecular complexity index is 1890. The summed E-state index contributed by atoms with van der Waals surface area (Å²) in [5.74, 6) is 1.40. The van der Waals surface area contributed by atoms with Gasteiger partial charge in [-0.15, -0.1) is 0 Å². The predicted octanol–water partition coefficient (Wildman–Crippen LogP) is 4.21. The molecular formula is C31H30N6O6S. The highest BCUT2D eigenvalue weighted by atomic mass is 32.2. The highest BCUT2D eigenvalue weighted by Gasteiger charge is 2.29. The van der Waals surface area contributed by atoms with E-state index in [4.69, 9.17) is 13.9 Å². The first-order valence-electron chi connectivity index (χ1n) is 13.8. The number of nitrogens with zero attached hydrogens (tertiary/aromatic N) is 2. The average molecular weight is 615 g/mol. The summed E-state index contributed by atoms with van der Waals surface area (Å²) in [6.45, 7) is 1.17. The van der Waals surface area contributed by atoms with Crippen molar-refractivity contribution < 1.29 is 27.1 Å². The van der Waals surface area contributed by atoms with Crippen LogP contribution < -0.4 is 30.1 Å². The van der Waals surface area contributed by atoms with Crippen LogP contribution in [0, 0.1) is 5.92 Å². The Balaban J connectivity index is 1.35. The Labute approximate surface area is 253 Å². The molecule has 0 saturated carbocycles. The molecule has 12 nitrogen and oxygen atoms in total. The smallest absolute Gasteiger partial charge is 0.263 e. The summed E-state index contributed by atoms with van der Waals surface area (Å²) in [6, 6.07) is 21.4. The summed E-state index contributed by atoms with van der Waals surface area (Å²) in [5.41, 5.74) is 2.15. The van der Waals surface area contributed by atoms with E-state index in [9.17, 15) is 13.2 Å². The van der Waals surface area contributed by atoms with E-state index in [0.29, 0.717) is 52.6 Å². The van der Waals surface area contributed by atoms with Gasteiger partial charge in [0.15, 0.2) is 11.6 Å². The van der Waals surface area contributed by atoms with Gasteiger partial charge in [-0.05, 0) is 42.0 Å². The minimum atomic E-state index is -4.18. The van der Waals surface area contributed by atoms with Crippen molar-refractivity contribution in [1.82, 2.24) is 20.6 Å². The van der Waals surface area contributed by atoms with Crippen molar-refractivity contribution in [2.75, 3.05) is 37.3 Å². The van der Waals surface area contributed by atoms with E-state index in [2.05, 4.69) is 30.6 Å². The minimum absolute atomic E-state index is 0.00994. The average Bonchev–Trinajstić information content (AvgIpc) is 3.54. The van der Waals surface area contributed by atoms with E-state index in [1.165, 1.54) is 32.6 Å². The number of benzene rings is 3. The first kappa shape index (κ1) is 29.0. The number of amides is 1. The maximum absolute atomic E-state index is 13.8. The number of ether oxygens (including phenoxy) is 2. The van der Waals surface area contributed by atoms with E-state index in [0.717, 1.165) is 0 Å². The van der Waals surface area contributed by atoms with Crippen molar-refractivity contribution in [2.24, 2.45) is 5.92 Å². The highest BCUT2D eigenvalue weighted by molar-refractivity contribution is 7.92. The van der Waals surface area contributed by atoms with Crippen molar-refractivity contribution in [1.29, 1.82) is 0 Å². The summed E-state index contributed by atoms with van der Waals surface area (Å²) >= 11 is 0. The normalized spacial score (nSPS) is 14.0. The fraction of sp³-hybridized carbons (Fsp3) is 0.194. The van der Waals surface area contributed by atoms with E-state index < -0.39 is 16.1 Å². The molecule has 1 fully saturated rings. The van der Waals surface area contributed by atoms with Crippen LogP contribution in [0.5, 0.6) is 11.5 Å². The number of hydrogen-bond acceptors (Lipinski definition) is 10. The molecule has 1 saturated heterocycles. The fourth-order valence-corrected chi connectivity index (χ4v) is 5.79. The standard InChI is InChI=1S/C31H30N6O6S/c1-41-22-14-21(15-23(16-22)42-2)33-29-30(35-26-10-4-3-9-25(26)34-29)37-44(39,40)24-8-5-7-19(13-24)28(27-11-6-12-43-27)36-31(38)20-17-32-18-20/h3-16,20,28,32H,17-18H2,1-2H3,(H,33,34)(H,35,37)(H,36,38). The molecule has 1 unspecified atom stereocenters. The van der Waals surface area contributed by atoms with Crippen molar-refractivity contribution in [3.8, 4) is 11.5 Å². The number of furan rings is 1. The zero-order valence-corrected chi connectivity index (χ0v) is 24.7. The van der Waals surface area contributed by atoms with Crippen LogP contribution in [-0.2, 0) is 14.8 Å². The van der Waals surface area contributed by atoms with Gasteiger partial charge in [0.2, 0.25) is 5.91 Å². The second kappa shape index (κ2) is 12.2. The molecule has 1 atom stereocenters. The monoisotopic (exact) mass is 614 g/mol. The largest absolute Gasteiger partial charge is 0.497 e. The predicted molar refractivity (Wildman–Crippen MR) is 165 cm³/mol. The van der Waals surface area contributed by atoms with Gasteiger partial charge in [0.25, 0.3) is 10.0 Å². The molecule has 1 aliphatic heterocycles. The van der Waals surface area contributed by atoms with Gasteiger partial charge >= 0.3 is 0 Å². The summed E-state index contributed by atoms with van der Waals surface area (Å²) in [6.07, 6.45) is 1.51. The molecule has 0 bridgehead atoms. The zero-order chi connectivity index (χ0) is 30.7. The highest BCUT2D eigenvalue weighted by Crippen LogP contribution is 2.32. The van der Waals surface area contributed by atoms with Crippen LogP contribution in [0.3, 0.4) is 0 Å². The lowest BCUT2D eigenvalue weighted by Crippen LogP contribution is -2.51. The molecule has 0 radical (unpaired) electrons. The third kappa shape index (κ3) is 6.14. The molecule has 4 N–H and O–H groups in total. The summed E-state index contributed by atoms with van der Waals surface area (Å²) in [7, 11) is -1.11. The number of rotatable bonds is 11. The van der Waals surface area contributed by atoms with Crippen LogP contribution in [0.2, 0.25) is 0 Å². The number of sulfonamides is 1. The summed E-state index contributed by atoms with van der Waals surface area (Å²) in [4.78, 5) is 22.0. The molecule has 13 heteroatoms. The second-order valence-corrected chi connectivity index (χ2v) is 11.8. The molecule has 5 aromatic rings. The third-order valence-corrected chi connectivity index (χ3v) is 8.52. The van der Waals surface area contributed by atoms with Crippen LogP contribution in [-0.4, -0.2) is 51.6 Å². The fourth-order valence-electron chi connectivity index (χ4n) is 4.73. The van der Waals surface area contributed by atoms with Gasteiger partial charge < -0.3 is 29.8 Å². The van der Waals surface area contributed by atoms with E-state index in [1.54, 1.807) is 60.7 Å². The third-order valence-electron chi connectivity index (χ3n) is 7.18. The molecule has 3 aromatic carbocycles. The van der Waals surface area contributed by atoms with Gasteiger partial charge in [-0.3, -0.25) is 9.52 Å². The number of para-hydroxylation sites is 2. The molecule has 6 rings (SSSR count). The van der Waals surface area contributed by atoms with Crippen molar-refractivity contribution >= 4 is 44.3 Å². The lowest BCUT2D eigenvalue weighted by molar-refractivity contribution is -0.127. The van der Waals surface area contributed by atoms with Crippen molar-refractivity contribution in [3.05, 3.63) is 96.4 Å². The number of carbonyl (C=O) groups excluding carboxylic acids is 1.